The van der Waals surface area contributed by atoms with Crippen LogP contribution in [-0.4, -0.2) is 55.0 Å². The van der Waals surface area contributed by atoms with Gasteiger partial charge in [-0.15, -0.1) is 0 Å². The van der Waals surface area contributed by atoms with Crippen molar-refractivity contribution in [1.29, 1.82) is 0 Å². The number of likely N-dealkylation sites (N-methyl/N-ethyl adjacent to an activating group) is 1. The molecule has 1 fully saturated rings. The van der Waals surface area contributed by atoms with Gasteiger partial charge in [-0.3, -0.25) is 14.5 Å². The second-order valence-electron chi connectivity index (χ2n) is 4.42. The fraction of sp³-hybridized carbons (Fsp3) is 0.308. The first-order valence-corrected chi connectivity index (χ1v) is 5.89. The first-order chi connectivity index (χ1) is 9.43. The third-order valence-electron chi connectivity index (χ3n) is 3.11. The fourth-order valence-corrected chi connectivity index (χ4v) is 1.97. The van der Waals surface area contributed by atoms with Gasteiger partial charge in [0.1, 0.15) is 12.3 Å². The topological polar surface area (TPSA) is 87.2 Å². The molecule has 0 aliphatic carbocycles. The number of hydrogen-bond donors (Lipinski definition) is 1. The number of aromatic carboxylic acids is 1. The number of rotatable bonds is 3. The number of nitrogens with zero attached hydrogens (tertiary/aromatic N) is 2. The number of methoxy groups -OCH3 is 1. The number of carbonyl (C=O) groups excluding carboxylic acids is 2. The summed E-state index contributed by atoms with van der Waals surface area (Å²) in [6.45, 7) is -0.173. The van der Waals surface area contributed by atoms with Crippen molar-refractivity contribution in [3.05, 3.63) is 23.8 Å². The van der Waals surface area contributed by atoms with Gasteiger partial charge in [0.25, 0.3) is 0 Å². The van der Waals surface area contributed by atoms with Gasteiger partial charge in [-0.05, 0) is 18.2 Å². The quantitative estimate of drug-likeness (QED) is 0.853. The summed E-state index contributed by atoms with van der Waals surface area (Å²) < 4.78 is 5.13. The summed E-state index contributed by atoms with van der Waals surface area (Å²) in [5.41, 5.74) is 0.318. The van der Waals surface area contributed by atoms with Crippen molar-refractivity contribution in [2.75, 3.05) is 32.1 Å². The predicted octanol–water partition coefficient (Wildman–Crippen LogP) is 0.198. The molecular formula is C13H14N2O5. The molecule has 20 heavy (non-hydrogen) atoms. The molecule has 0 atom stereocenters. The second kappa shape index (κ2) is 5.20. The van der Waals surface area contributed by atoms with Crippen LogP contribution in [0.3, 0.4) is 0 Å². The summed E-state index contributed by atoms with van der Waals surface area (Å²) in [6.07, 6.45) is 0. The minimum Gasteiger partial charge on any atom is -0.495 e. The number of piperazine rings is 1. The van der Waals surface area contributed by atoms with Crippen LogP contribution >= 0.6 is 0 Å². The summed E-state index contributed by atoms with van der Waals surface area (Å²) in [4.78, 5) is 37.3. The van der Waals surface area contributed by atoms with Crippen LogP contribution in [0.2, 0.25) is 0 Å². The van der Waals surface area contributed by atoms with Gasteiger partial charge in [0, 0.05) is 7.05 Å². The first-order valence-electron chi connectivity index (χ1n) is 5.89. The SMILES string of the molecule is COc1ccc(C(=O)O)cc1N1CC(=O)N(C)CC1=O. The molecule has 1 saturated heterocycles. The summed E-state index contributed by atoms with van der Waals surface area (Å²) >= 11 is 0. The second-order valence-corrected chi connectivity index (χ2v) is 4.42. The van der Waals surface area contributed by atoms with Crippen molar-refractivity contribution in [2.24, 2.45) is 0 Å². The number of hydrogen-bond acceptors (Lipinski definition) is 4. The predicted molar refractivity (Wildman–Crippen MR) is 69.9 cm³/mol. The Labute approximate surface area is 115 Å². The van der Waals surface area contributed by atoms with E-state index in [-0.39, 0.29) is 30.5 Å². The van der Waals surface area contributed by atoms with Crippen LogP contribution in [0.4, 0.5) is 5.69 Å². The third kappa shape index (κ3) is 2.42. The van der Waals surface area contributed by atoms with Crippen LogP contribution in [0.15, 0.2) is 18.2 Å². The molecule has 1 aromatic rings. The molecule has 1 heterocycles. The van der Waals surface area contributed by atoms with Crippen molar-refractivity contribution in [3.63, 3.8) is 0 Å². The molecule has 1 aliphatic heterocycles. The molecule has 0 aromatic heterocycles. The maximum absolute atomic E-state index is 12.0. The van der Waals surface area contributed by atoms with E-state index in [1.165, 1.54) is 35.1 Å². The van der Waals surface area contributed by atoms with E-state index in [1.807, 2.05) is 0 Å². The molecule has 0 saturated carbocycles. The highest BCUT2D eigenvalue weighted by Gasteiger charge is 2.30. The molecule has 0 radical (unpaired) electrons. The minimum absolute atomic E-state index is 0.0278. The van der Waals surface area contributed by atoms with Crippen molar-refractivity contribution in [3.8, 4) is 5.75 Å². The van der Waals surface area contributed by atoms with Crippen LogP contribution < -0.4 is 9.64 Å². The summed E-state index contributed by atoms with van der Waals surface area (Å²) in [7, 11) is 2.96. The van der Waals surface area contributed by atoms with Gasteiger partial charge < -0.3 is 14.7 Å². The van der Waals surface area contributed by atoms with Crippen LogP contribution in [0.5, 0.6) is 5.75 Å². The average Bonchev–Trinajstić information content (AvgIpc) is 2.42. The van der Waals surface area contributed by atoms with Gasteiger partial charge in [0.05, 0.1) is 24.9 Å². The van der Waals surface area contributed by atoms with E-state index in [9.17, 15) is 14.4 Å². The Balaban J connectivity index is 2.44. The number of benzene rings is 1. The number of ether oxygens (including phenoxy) is 1. The zero-order valence-electron chi connectivity index (χ0n) is 11.1. The van der Waals surface area contributed by atoms with Crippen molar-refractivity contribution in [2.45, 2.75) is 0 Å². The molecule has 2 amide bonds. The molecule has 1 aliphatic rings. The molecule has 7 nitrogen and oxygen atoms in total. The molecule has 106 valence electrons. The van der Waals surface area contributed by atoms with E-state index >= 15 is 0 Å². The number of carboxylic acid groups (broad SMARTS) is 1. The monoisotopic (exact) mass is 278 g/mol. The van der Waals surface area contributed by atoms with E-state index in [0.717, 1.165) is 0 Å². The molecule has 0 unspecified atom stereocenters. The normalized spacial score (nSPS) is 15.5. The summed E-state index contributed by atoms with van der Waals surface area (Å²) in [6, 6.07) is 4.18. The summed E-state index contributed by atoms with van der Waals surface area (Å²) in [5, 5.41) is 9.01. The van der Waals surface area contributed by atoms with Crippen molar-refractivity contribution >= 4 is 23.5 Å². The van der Waals surface area contributed by atoms with E-state index in [0.29, 0.717) is 11.4 Å². The molecule has 1 N–H and O–H groups in total. The molecule has 0 spiro atoms. The Kier molecular flexibility index (Phi) is 3.60. The molecule has 2 rings (SSSR count). The maximum atomic E-state index is 12.0. The van der Waals surface area contributed by atoms with Gasteiger partial charge >= 0.3 is 5.97 Å². The average molecular weight is 278 g/mol. The fourth-order valence-electron chi connectivity index (χ4n) is 1.97. The number of anilines is 1. The smallest absolute Gasteiger partial charge is 0.335 e. The highest BCUT2D eigenvalue weighted by molar-refractivity contribution is 6.06. The van der Waals surface area contributed by atoms with Crippen LogP contribution in [0.25, 0.3) is 0 Å². The van der Waals surface area contributed by atoms with Gasteiger partial charge in [0.2, 0.25) is 11.8 Å². The van der Waals surface area contributed by atoms with E-state index in [1.54, 1.807) is 7.05 Å². The lowest BCUT2D eigenvalue weighted by atomic mass is 10.1. The van der Waals surface area contributed by atoms with Gasteiger partial charge in [-0.2, -0.15) is 0 Å². The largest absolute Gasteiger partial charge is 0.495 e. The van der Waals surface area contributed by atoms with Gasteiger partial charge in [0.15, 0.2) is 0 Å². The van der Waals surface area contributed by atoms with Crippen LogP contribution in [0, 0.1) is 0 Å². The lowest BCUT2D eigenvalue weighted by molar-refractivity contribution is -0.136. The van der Waals surface area contributed by atoms with Crippen molar-refractivity contribution in [1.82, 2.24) is 4.90 Å². The number of amides is 2. The van der Waals surface area contributed by atoms with Crippen LogP contribution in [0.1, 0.15) is 10.4 Å². The van der Waals surface area contributed by atoms with Gasteiger partial charge in [-0.1, -0.05) is 0 Å². The maximum Gasteiger partial charge on any atom is 0.335 e. The minimum atomic E-state index is -1.11. The Bertz CT molecular complexity index is 584. The standard InChI is InChI=1S/C13H14N2O5/c1-14-6-12(17)15(7-11(14)16)9-5-8(13(18)19)3-4-10(9)20-2/h3-5H,6-7H2,1-2H3,(H,18,19). The van der Waals surface area contributed by atoms with E-state index in [4.69, 9.17) is 9.84 Å². The zero-order valence-corrected chi connectivity index (χ0v) is 11.1. The Hall–Kier alpha value is -2.57. The van der Waals surface area contributed by atoms with E-state index in [2.05, 4.69) is 0 Å². The molecule has 0 bridgehead atoms. The first kappa shape index (κ1) is 13.9. The van der Waals surface area contributed by atoms with Crippen LogP contribution in [-0.2, 0) is 9.59 Å². The van der Waals surface area contributed by atoms with Crippen molar-refractivity contribution < 1.29 is 24.2 Å². The molecular weight excluding hydrogens is 264 g/mol. The lowest BCUT2D eigenvalue weighted by Crippen LogP contribution is -2.52. The lowest BCUT2D eigenvalue weighted by Gasteiger charge is -2.32. The highest BCUT2D eigenvalue weighted by atomic mass is 16.5. The Morgan fingerprint density at radius 1 is 1.25 bits per heavy atom. The molecule has 1 aromatic carbocycles. The zero-order chi connectivity index (χ0) is 14.9. The molecule has 7 heteroatoms. The number of carbonyl (C=O) groups is 3. The highest BCUT2D eigenvalue weighted by Crippen LogP contribution is 2.30. The van der Waals surface area contributed by atoms with E-state index < -0.39 is 5.97 Å². The summed E-state index contributed by atoms with van der Waals surface area (Å²) in [5.74, 6) is -1.26. The van der Waals surface area contributed by atoms with Gasteiger partial charge in [-0.25, -0.2) is 4.79 Å². The number of carboxylic acids is 1. The Morgan fingerprint density at radius 3 is 2.55 bits per heavy atom. The third-order valence-corrected chi connectivity index (χ3v) is 3.11. The Morgan fingerprint density at radius 2 is 1.95 bits per heavy atom.